The molecule has 4 rings (SSSR count). The van der Waals surface area contributed by atoms with Crippen LogP contribution in [0, 0.1) is 21.7 Å². The van der Waals surface area contributed by atoms with E-state index in [1.807, 2.05) is 0 Å². The summed E-state index contributed by atoms with van der Waals surface area (Å²) < 4.78 is 27.4. The summed E-state index contributed by atoms with van der Waals surface area (Å²) in [6, 6.07) is 11.5. The molecule has 1 heterocycles. The number of carbonyl (C=O) groups excluding carboxylic acids is 2. The van der Waals surface area contributed by atoms with Gasteiger partial charge in [-0.1, -0.05) is 12.1 Å². The quantitative estimate of drug-likeness (QED) is 0.201. The van der Waals surface area contributed by atoms with Crippen molar-refractivity contribution in [1.29, 1.82) is 0 Å². The van der Waals surface area contributed by atoms with Gasteiger partial charge in [0.25, 0.3) is 17.4 Å². The number of amides is 1. The molecule has 1 amide bonds. The molecule has 1 unspecified atom stereocenters. The first-order valence-corrected chi connectivity index (χ1v) is 9.49. The van der Waals surface area contributed by atoms with E-state index in [1.54, 1.807) is 0 Å². The summed E-state index contributed by atoms with van der Waals surface area (Å²) in [5, 5.41) is 31.7. The Balaban J connectivity index is 1.93. The van der Waals surface area contributed by atoms with Gasteiger partial charge in [0, 0.05) is 29.4 Å². The number of nitrogens with zero attached hydrogens (tertiary/aromatic N) is 2. The molecule has 0 spiro atoms. The number of nitro groups is 1. The van der Waals surface area contributed by atoms with Crippen LogP contribution in [0.5, 0.6) is 5.75 Å². The summed E-state index contributed by atoms with van der Waals surface area (Å²) >= 11 is 0. The summed E-state index contributed by atoms with van der Waals surface area (Å²) in [6.07, 6.45) is 0. The molecule has 166 valence electrons. The number of halogens is 2. The lowest BCUT2D eigenvalue weighted by Crippen LogP contribution is -2.29. The number of phenols is 1. The van der Waals surface area contributed by atoms with Crippen molar-refractivity contribution in [1.82, 2.24) is 0 Å². The minimum absolute atomic E-state index is 0.0223. The number of aliphatic hydroxyl groups is 1. The Morgan fingerprint density at radius 1 is 0.970 bits per heavy atom. The van der Waals surface area contributed by atoms with Crippen molar-refractivity contribution < 1.29 is 33.5 Å². The Labute approximate surface area is 184 Å². The van der Waals surface area contributed by atoms with E-state index < -0.39 is 40.0 Å². The standard InChI is InChI=1S/C23H14F2N2O6/c24-17-9-8-15(11-18(17)25)26-20(13-2-1-3-16(28)10-13)19(22(30)23(26)31)21(29)12-4-6-14(7-5-12)27(32)33/h1-11,20,28-29H/b21-19+. The third kappa shape index (κ3) is 3.78. The van der Waals surface area contributed by atoms with Gasteiger partial charge < -0.3 is 10.2 Å². The number of rotatable bonds is 4. The molecule has 1 aliphatic rings. The molecular weight excluding hydrogens is 438 g/mol. The fraction of sp³-hybridized carbons (Fsp3) is 0.0435. The van der Waals surface area contributed by atoms with Crippen LogP contribution in [0.2, 0.25) is 0 Å². The molecule has 8 nitrogen and oxygen atoms in total. The van der Waals surface area contributed by atoms with Gasteiger partial charge in [0.1, 0.15) is 11.5 Å². The lowest BCUT2D eigenvalue weighted by Gasteiger charge is -2.25. The van der Waals surface area contributed by atoms with Crippen molar-refractivity contribution in [2.75, 3.05) is 4.90 Å². The highest BCUT2D eigenvalue weighted by Gasteiger charge is 2.47. The van der Waals surface area contributed by atoms with E-state index in [4.69, 9.17) is 0 Å². The van der Waals surface area contributed by atoms with E-state index in [1.165, 1.54) is 36.4 Å². The van der Waals surface area contributed by atoms with Crippen molar-refractivity contribution in [3.63, 3.8) is 0 Å². The highest BCUT2D eigenvalue weighted by atomic mass is 19.2. The summed E-state index contributed by atoms with van der Waals surface area (Å²) in [5.74, 6) is -5.45. The number of hydrogen-bond donors (Lipinski definition) is 2. The molecule has 3 aromatic carbocycles. The maximum absolute atomic E-state index is 13.9. The van der Waals surface area contributed by atoms with Crippen LogP contribution >= 0.6 is 0 Å². The van der Waals surface area contributed by atoms with E-state index in [0.29, 0.717) is 0 Å². The van der Waals surface area contributed by atoms with E-state index in [9.17, 15) is 38.7 Å². The number of benzene rings is 3. The lowest BCUT2D eigenvalue weighted by atomic mass is 9.95. The van der Waals surface area contributed by atoms with Gasteiger partial charge in [-0.3, -0.25) is 24.6 Å². The molecule has 0 bridgehead atoms. The zero-order valence-electron chi connectivity index (χ0n) is 16.6. The van der Waals surface area contributed by atoms with Crippen molar-refractivity contribution in [2.24, 2.45) is 0 Å². The minimum Gasteiger partial charge on any atom is -0.508 e. The zero-order chi connectivity index (χ0) is 23.9. The van der Waals surface area contributed by atoms with E-state index in [2.05, 4.69) is 0 Å². The zero-order valence-corrected chi connectivity index (χ0v) is 16.6. The van der Waals surface area contributed by atoms with E-state index in [-0.39, 0.29) is 33.8 Å². The normalized spacial score (nSPS) is 17.4. The van der Waals surface area contributed by atoms with Crippen LogP contribution < -0.4 is 4.90 Å². The van der Waals surface area contributed by atoms with Crippen LogP contribution in [-0.4, -0.2) is 26.8 Å². The predicted octanol–water partition coefficient (Wildman–Crippen LogP) is 4.20. The Hall–Kier alpha value is -4.60. The van der Waals surface area contributed by atoms with Gasteiger partial charge in [-0.25, -0.2) is 8.78 Å². The topological polar surface area (TPSA) is 121 Å². The number of aromatic hydroxyl groups is 1. The Kier molecular flexibility index (Phi) is 5.34. The Morgan fingerprint density at radius 3 is 2.27 bits per heavy atom. The van der Waals surface area contributed by atoms with Gasteiger partial charge in [-0.15, -0.1) is 0 Å². The second kappa shape index (κ2) is 8.15. The van der Waals surface area contributed by atoms with Gasteiger partial charge in [0.05, 0.1) is 16.5 Å². The van der Waals surface area contributed by atoms with Crippen molar-refractivity contribution in [3.05, 3.63) is 105 Å². The molecule has 0 aliphatic carbocycles. The first-order valence-electron chi connectivity index (χ1n) is 9.49. The molecule has 0 radical (unpaired) electrons. The summed E-state index contributed by atoms with van der Waals surface area (Å²) in [6.45, 7) is 0. The van der Waals surface area contributed by atoms with Gasteiger partial charge in [-0.05, 0) is 42.0 Å². The molecule has 33 heavy (non-hydrogen) atoms. The molecule has 2 N–H and O–H groups in total. The smallest absolute Gasteiger partial charge is 0.300 e. The van der Waals surface area contributed by atoms with Crippen molar-refractivity contribution in [2.45, 2.75) is 6.04 Å². The molecular formula is C23H14F2N2O6. The molecule has 1 saturated heterocycles. The minimum atomic E-state index is -1.29. The average molecular weight is 452 g/mol. The second-order valence-corrected chi connectivity index (χ2v) is 7.17. The number of nitro benzene ring substituents is 1. The van der Waals surface area contributed by atoms with E-state index >= 15 is 0 Å². The van der Waals surface area contributed by atoms with Gasteiger partial charge in [0.2, 0.25) is 0 Å². The summed E-state index contributed by atoms with van der Waals surface area (Å²) in [5.41, 5.74) is -0.550. The van der Waals surface area contributed by atoms with Gasteiger partial charge in [-0.2, -0.15) is 0 Å². The fourth-order valence-electron chi connectivity index (χ4n) is 3.64. The molecule has 10 heteroatoms. The average Bonchev–Trinajstić information content (AvgIpc) is 3.06. The molecule has 1 atom stereocenters. The Bertz CT molecular complexity index is 1340. The van der Waals surface area contributed by atoms with Crippen molar-refractivity contribution in [3.8, 4) is 5.75 Å². The first-order chi connectivity index (χ1) is 15.7. The number of non-ortho nitro benzene ring substituents is 1. The largest absolute Gasteiger partial charge is 0.508 e. The summed E-state index contributed by atoms with van der Waals surface area (Å²) in [7, 11) is 0. The molecule has 0 saturated carbocycles. The predicted molar refractivity (Wildman–Crippen MR) is 112 cm³/mol. The van der Waals surface area contributed by atoms with Crippen LogP contribution in [0.15, 0.2) is 72.3 Å². The molecule has 3 aromatic rings. The van der Waals surface area contributed by atoms with Crippen molar-refractivity contribution >= 4 is 28.8 Å². The third-order valence-electron chi connectivity index (χ3n) is 5.16. The monoisotopic (exact) mass is 452 g/mol. The maximum atomic E-state index is 13.9. The number of hydrogen-bond acceptors (Lipinski definition) is 6. The number of anilines is 1. The fourth-order valence-corrected chi connectivity index (χ4v) is 3.64. The van der Waals surface area contributed by atoms with Crippen LogP contribution in [0.25, 0.3) is 5.76 Å². The highest BCUT2D eigenvalue weighted by Crippen LogP contribution is 2.43. The molecule has 1 aliphatic heterocycles. The molecule has 1 fully saturated rings. The number of ketones is 1. The first kappa shape index (κ1) is 21.6. The SMILES string of the molecule is O=C1C(=O)N(c2ccc(F)c(F)c2)C(c2cccc(O)c2)/C1=C(\O)c1ccc([N+](=O)[O-])cc1. The van der Waals surface area contributed by atoms with Gasteiger partial charge >= 0.3 is 0 Å². The van der Waals surface area contributed by atoms with Gasteiger partial charge in [0.15, 0.2) is 11.6 Å². The number of Topliss-reactive ketones (excluding diaryl/α,β-unsaturated/α-hetero) is 1. The third-order valence-corrected chi connectivity index (χ3v) is 5.16. The summed E-state index contributed by atoms with van der Waals surface area (Å²) in [4.78, 5) is 37.0. The van der Waals surface area contributed by atoms with Crippen LogP contribution in [0.4, 0.5) is 20.2 Å². The number of aliphatic hydroxyl groups excluding tert-OH is 1. The second-order valence-electron chi connectivity index (χ2n) is 7.17. The maximum Gasteiger partial charge on any atom is 0.300 e. The van der Waals surface area contributed by atoms with Crippen LogP contribution in [0.3, 0.4) is 0 Å². The highest BCUT2D eigenvalue weighted by molar-refractivity contribution is 6.51. The Morgan fingerprint density at radius 2 is 1.67 bits per heavy atom. The van der Waals surface area contributed by atoms with E-state index in [0.717, 1.165) is 35.2 Å². The van der Waals surface area contributed by atoms with Crippen LogP contribution in [0.1, 0.15) is 17.2 Å². The molecule has 0 aromatic heterocycles. The van der Waals surface area contributed by atoms with Crippen LogP contribution in [-0.2, 0) is 9.59 Å². The lowest BCUT2D eigenvalue weighted by molar-refractivity contribution is -0.384. The number of phenolic OH excluding ortho intramolecular Hbond substituents is 1. The number of carbonyl (C=O) groups is 2.